The zero-order valence-corrected chi connectivity index (χ0v) is 13.1. The van der Waals surface area contributed by atoms with Gasteiger partial charge in [0, 0.05) is 23.6 Å². The van der Waals surface area contributed by atoms with Crippen LogP contribution in [0.5, 0.6) is 11.5 Å². The molecule has 1 heterocycles. The highest BCUT2D eigenvalue weighted by atomic mass is 32.1. The molecule has 0 fully saturated rings. The van der Waals surface area contributed by atoms with Crippen molar-refractivity contribution in [3.05, 3.63) is 76.5 Å². The van der Waals surface area contributed by atoms with Crippen molar-refractivity contribution in [3.8, 4) is 11.5 Å². The van der Waals surface area contributed by atoms with Crippen LogP contribution in [0.1, 0.15) is 10.6 Å². The van der Waals surface area contributed by atoms with Gasteiger partial charge in [-0.15, -0.1) is 11.3 Å². The monoisotopic (exact) mass is 327 g/mol. The van der Waals surface area contributed by atoms with E-state index in [2.05, 4.69) is 4.98 Å². The van der Waals surface area contributed by atoms with Gasteiger partial charge in [0.2, 0.25) is 0 Å². The number of Topliss-reactive ketones (excluding diaryl/α,β-unsaturated/α-hetero) is 1. The maximum atomic E-state index is 13.7. The summed E-state index contributed by atoms with van der Waals surface area (Å²) in [6.07, 6.45) is 2.21. The number of para-hydroxylation sites is 2. The molecule has 0 N–H and O–H groups in total. The highest BCUT2D eigenvalue weighted by Gasteiger charge is 2.12. The molecule has 0 aliphatic heterocycles. The maximum absolute atomic E-state index is 13.7. The molecule has 0 aliphatic rings. The van der Waals surface area contributed by atoms with Gasteiger partial charge in [-0.1, -0.05) is 30.3 Å². The smallest absolute Gasteiger partial charge is 0.165 e. The van der Waals surface area contributed by atoms with E-state index in [-0.39, 0.29) is 18.0 Å². The number of hydrogen-bond acceptors (Lipinski definition) is 4. The van der Waals surface area contributed by atoms with Crippen LogP contribution in [0.2, 0.25) is 0 Å². The molecule has 0 saturated carbocycles. The number of aromatic nitrogens is 1. The fourth-order valence-corrected chi connectivity index (χ4v) is 2.82. The van der Waals surface area contributed by atoms with E-state index >= 15 is 0 Å². The van der Waals surface area contributed by atoms with Crippen molar-refractivity contribution < 1.29 is 13.9 Å². The molecule has 0 saturated heterocycles. The molecule has 116 valence electrons. The summed E-state index contributed by atoms with van der Waals surface area (Å²) in [5, 5.41) is 2.64. The molecule has 2 aromatic carbocycles. The Hall–Kier alpha value is -2.53. The summed E-state index contributed by atoms with van der Waals surface area (Å²) in [7, 11) is 0. The van der Waals surface area contributed by atoms with Crippen molar-refractivity contribution in [2.24, 2.45) is 0 Å². The summed E-state index contributed by atoms with van der Waals surface area (Å²) in [4.78, 5) is 16.3. The van der Waals surface area contributed by atoms with Crippen LogP contribution in [0.3, 0.4) is 0 Å². The molecular weight excluding hydrogens is 313 g/mol. The van der Waals surface area contributed by atoms with Crippen LogP contribution in [0.15, 0.2) is 60.1 Å². The van der Waals surface area contributed by atoms with Gasteiger partial charge in [0.05, 0.1) is 11.4 Å². The molecule has 0 spiro atoms. The number of ketones is 1. The molecule has 0 atom stereocenters. The van der Waals surface area contributed by atoms with Gasteiger partial charge in [-0.25, -0.2) is 9.37 Å². The molecule has 3 aromatic rings. The Morgan fingerprint density at radius 2 is 1.78 bits per heavy atom. The fourth-order valence-electron chi connectivity index (χ4n) is 2.18. The SMILES string of the molecule is O=C(Cc1nccs1)Cc1ccccc1Oc1ccccc1F. The number of thiazole rings is 1. The van der Waals surface area contributed by atoms with E-state index in [1.54, 1.807) is 36.5 Å². The number of halogens is 1. The first-order valence-corrected chi connectivity index (χ1v) is 8.00. The topological polar surface area (TPSA) is 39.2 Å². The minimum Gasteiger partial charge on any atom is -0.454 e. The van der Waals surface area contributed by atoms with Crippen LogP contribution < -0.4 is 4.74 Å². The molecule has 23 heavy (non-hydrogen) atoms. The molecule has 0 bridgehead atoms. The zero-order chi connectivity index (χ0) is 16.1. The van der Waals surface area contributed by atoms with Crippen LogP contribution in [-0.4, -0.2) is 10.8 Å². The summed E-state index contributed by atoms with van der Waals surface area (Å²) >= 11 is 1.46. The summed E-state index contributed by atoms with van der Waals surface area (Å²) in [5.74, 6) is 0.248. The van der Waals surface area contributed by atoms with Gasteiger partial charge in [-0.3, -0.25) is 4.79 Å². The lowest BCUT2D eigenvalue weighted by molar-refractivity contribution is -0.117. The lowest BCUT2D eigenvalue weighted by Gasteiger charge is -2.11. The molecule has 0 unspecified atom stereocenters. The first-order valence-electron chi connectivity index (χ1n) is 7.13. The highest BCUT2D eigenvalue weighted by molar-refractivity contribution is 7.09. The minimum atomic E-state index is -0.434. The van der Waals surface area contributed by atoms with Crippen molar-refractivity contribution in [3.63, 3.8) is 0 Å². The van der Waals surface area contributed by atoms with E-state index in [1.807, 2.05) is 17.5 Å². The van der Waals surface area contributed by atoms with Crippen LogP contribution in [0.25, 0.3) is 0 Å². The van der Waals surface area contributed by atoms with Crippen molar-refractivity contribution >= 4 is 17.1 Å². The first kappa shape index (κ1) is 15.4. The Morgan fingerprint density at radius 1 is 1.04 bits per heavy atom. The third kappa shape index (κ3) is 4.02. The summed E-state index contributed by atoms with van der Waals surface area (Å²) in [5.41, 5.74) is 0.734. The number of carbonyl (C=O) groups excluding carboxylic acids is 1. The van der Waals surface area contributed by atoms with Crippen LogP contribution >= 0.6 is 11.3 Å². The number of benzene rings is 2. The normalized spacial score (nSPS) is 10.5. The van der Waals surface area contributed by atoms with Crippen LogP contribution in [-0.2, 0) is 17.6 Å². The maximum Gasteiger partial charge on any atom is 0.165 e. The van der Waals surface area contributed by atoms with Gasteiger partial charge in [-0.05, 0) is 18.2 Å². The van der Waals surface area contributed by atoms with Gasteiger partial charge in [-0.2, -0.15) is 0 Å². The Balaban J connectivity index is 1.75. The molecule has 1 aromatic heterocycles. The average molecular weight is 327 g/mol. The number of ether oxygens (including phenoxy) is 1. The van der Waals surface area contributed by atoms with Crippen LogP contribution in [0.4, 0.5) is 4.39 Å². The van der Waals surface area contributed by atoms with E-state index in [9.17, 15) is 9.18 Å². The highest BCUT2D eigenvalue weighted by Crippen LogP contribution is 2.27. The van der Waals surface area contributed by atoms with E-state index in [0.29, 0.717) is 12.2 Å². The second-order valence-corrected chi connectivity index (χ2v) is 5.94. The predicted octanol–water partition coefficient (Wildman–Crippen LogP) is 4.43. The van der Waals surface area contributed by atoms with E-state index < -0.39 is 5.82 Å². The second kappa shape index (κ2) is 7.15. The number of rotatable bonds is 6. The molecule has 3 nitrogen and oxygen atoms in total. The molecule has 0 radical (unpaired) electrons. The van der Waals surface area contributed by atoms with Gasteiger partial charge < -0.3 is 4.74 Å². The van der Waals surface area contributed by atoms with Crippen LogP contribution in [0, 0.1) is 5.82 Å². The third-order valence-electron chi connectivity index (χ3n) is 3.25. The van der Waals surface area contributed by atoms with Gasteiger partial charge in [0.25, 0.3) is 0 Å². The number of hydrogen-bond donors (Lipinski definition) is 0. The molecule has 3 rings (SSSR count). The van der Waals surface area contributed by atoms with Gasteiger partial charge in [0.1, 0.15) is 11.5 Å². The van der Waals surface area contributed by atoms with Gasteiger partial charge in [0.15, 0.2) is 11.6 Å². The largest absolute Gasteiger partial charge is 0.454 e. The average Bonchev–Trinajstić information content (AvgIpc) is 3.04. The van der Waals surface area contributed by atoms with Crippen molar-refractivity contribution in [1.29, 1.82) is 0 Å². The Labute approximate surface area is 137 Å². The molecule has 5 heteroatoms. The van der Waals surface area contributed by atoms with E-state index in [4.69, 9.17) is 4.74 Å². The Bertz CT molecular complexity index is 802. The van der Waals surface area contributed by atoms with Gasteiger partial charge >= 0.3 is 0 Å². The van der Waals surface area contributed by atoms with E-state index in [1.165, 1.54) is 17.4 Å². The molecule has 0 aliphatic carbocycles. The predicted molar refractivity (Wildman–Crippen MR) is 87.4 cm³/mol. The summed E-state index contributed by atoms with van der Waals surface area (Å²) in [6, 6.07) is 13.4. The third-order valence-corrected chi connectivity index (χ3v) is 4.03. The lowest BCUT2D eigenvalue weighted by Crippen LogP contribution is -2.07. The fraction of sp³-hybridized carbons (Fsp3) is 0.111. The second-order valence-electron chi connectivity index (χ2n) is 4.96. The standard InChI is InChI=1S/C18H14FNO2S/c19-15-6-2-4-8-17(15)22-16-7-3-1-5-13(16)11-14(21)12-18-20-9-10-23-18/h1-10H,11-12H2. The zero-order valence-electron chi connectivity index (χ0n) is 12.2. The minimum absolute atomic E-state index is 0.0459. The van der Waals surface area contributed by atoms with E-state index in [0.717, 1.165) is 10.6 Å². The molecular formula is C18H14FNO2S. The lowest BCUT2D eigenvalue weighted by atomic mass is 10.1. The quantitative estimate of drug-likeness (QED) is 0.672. The van der Waals surface area contributed by atoms with Crippen molar-refractivity contribution in [2.75, 3.05) is 0 Å². The van der Waals surface area contributed by atoms with Crippen molar-refractivity contribution in [1.82, 2.24) is 4.98 Å². The number of nitrogens with zero attached hydrogens (tertiary/aromatic N) is 1. The summed E-state index contributed by atoms with van der Waals surface area (Å²) in [6.45, 7) is 0. The Kier molecular flexibility index (Phi) is 4.78. The Morgan fingerprint density at radius 3 is 2.52 bits per heavy atom. The number of carbonyl (C=O) groups is 1. The first-order chi connectivity index (χ1) is 11.2. The summed E-state index contributed by atoms with van der Waals surface area (Å²) < 4.78 is 19.4. The van der Waals surface area contributed by atoms with Crippen molar-refractivity contribution in [2.45, 2.75) is 12.8 Å². The molecule has 0 amide bonds.